The minimum atomic E-state index is -0.825. The number of nitrogens with one attached hydrogen (secondary N) is 1. The first-order valence-corrected chi connectivity index (χ1v) is 8.75. The normalized spacial score (nSPS) is 15.9. The van der Waals surface area contributed by atoms with Gasteiger partial charge in [-0.2, -0.15) is 0 Å². The zero-order valence-electron chi connectivity index (χ0n) is 14.2. The summed E-state index contributed by atoms with van der Waals surface area (Å²) in [6, 6.07) is 10.2. The van der Waals surface area contributed by atoms with E-state index in [1.54, 1.807) is 36.4 Å². The number of anilines is 1. The largest absolute Gasteiger partial charge is 0.494 e. The molecule has 0 aliphatic carbocycles. The number of barbiturate groups is 1. The van der Waals surface area contributed by atoms with Crippen molar-refractivity contribution in [2.75, 3.05) is 11.5 Å². The maximum atomic E-state index is 12.8. The van der Waals surface area contributed by atoms with E-state index in [2.05, 4.69) is 5.32 Å². The maximum Gasteiger partial charge on any atom is 0.335 e. The Kier molecular flexibility index (Phi) is 5.48. The van der Waals surface area contributed by atoms with Crippen LogP contribution in [0, 0.1) is 0 Å². The number of ether oxygens (including phenoxy) is 1. The fraction of sp³-hybridized carbons (Fsp3) is 0.105. The minimum absolute atomic E-state index is 0.215. The molecule has 0 aromatic heterocycles. The van der Waals surface area contributed by atoms with Crippen molar-refractivity contribution in [1.82, 2.24) is 5.32 Å². The molecule has 0 atom stereocenters. The lowest BCUT2D eigenvalue weighted by atomic mass is 10.1. The molecule has 1 aliphatic rings. The highest BCUT2D eigenvalue weighted by Gasteiger charge is 2.36. The van der Waals surface area contributed by atoms with E-state index < -0.39 is 17.8 Å². The first kappa shape index (κ1) is 18.9. The maximum absolute atomic E-state index is 12.8. The lowest BCUT2D eigenvalue weighted by molar-refractivity contribution is -0.122. The molecule has 1 aliphatic heterocycles. The van der Waals surface area contributed by atoms with E-state index in [4.69, 9.17) is 27.9 Å². The number of urea groups is 1. The average Bonchev–Trinajstić information content (AvgIpc) is 2.61. The average molecular weight is 405 g/mol. The van der Waals surface area contributed by atoms with Gasteiger partial charge in [0.15, 0.2) is 0 Å². The molecule has 0 unspecified atom stereocenters. The fourth-order valence-corrected chi connectivity index (χ4v) is 2.99. The molecule has 4 amide bonds. The topological polar surface area (TPSA) is 75.7 Å². The summed E-state index contributed by atoms with van der Waals surface area (Å²) in [5, 5.41) is 2.86. The van der Waals surface area contributed by atoms with Gasteiger partial charge in [0.25, 0.3) is 11.8 Å². The van der Waals surface area contributed by atoms with Crippen LogP contribution < -0.4 is 15.0 Å². The van der Waals surface area contributed by atoms with Crippen LogP contribution in [-0.4, -0.2) is 24.5 Å². The van der Waals surface area contributed by atoms with Crippen molar-refractivity contribution in [3.63, 3.8) is 0 Å². The van der Waals surface area contributed by atoms with Crippen molar-refractivity contribution in [3.05, 3.63) is 63.6 Å². The van der Waals surface area contributed by atoms with Gasteiger partial charge in [-0.1, -0.05) is 29.3 Å². The second-order valence-corrected chi connectivity index (χ2v) is 6.39. The van der Waals surface area contributed by atoms with E-state index >= 15 is 0 Å². The van der Waals surface area contributed by atoms with Crippen LogP contribution in [0.1, 0.15) is 12.5 Å². The first-order valence-electron chi connectivity index (χ1n) is 8.00. The molecule has 8 heteroatoms. The van der Waals surface area contributed by atoms with Gasteiger partial charge in [-0.05, 0) is 55.0 Å². The Labute approximate surface area is 165 Å². The van der Waals surface area contributed by atoms with Gasteiger partial charge in [0, 0.05) is 10.0 Å². The van der Waals surface area contributed by atoms with Crippen LogP contribution in [0.5, 0.6) is 5.75 Å². The first-order chi connectivity index (χ1) is 12.9. The van der Waals surface area contributed by atoms with Gasteiger partial charge in [-0.25, -0.2) is 9.69 Å². The molecule has 1 fully saturated rings. The predicted octanol–water partition coefficient (Wildman–Crippen LogP) is 4.06. The summed E-state index contributed by atoms with van der Waals surface area (Å²) in [6.07, 6.45) is 1.32. The summed E-state index contributed by atoms with van der Waals surface area (Å²) in [5.74, 6) is -0.942. The fourth-order valence-electron chi connectivity index (χ4n) is 2.52. The molecule has 27 heavy (non-hydrogen) atoms. The van der Waals surface area contributed by atoms with Crippen LogP contribution in [0.15, 0.2) is 48.0 Å². The molecule has 2 aromatic rings. The summed E-state index contributed by atoms with van der Waals surface area (Å²) >= 11 is 12.0. The summed E-state index contributed by atoms with van der Waals surface area (Å²) < 4.78 is 5.35. The SMILES string of the molecule is CCOc1ccc(N2C(=O)NC(=O)/C(=C/c3ccc(Cl)cc3Cl)C2=O)cc1. The third kappa shape index (κ3) is 3.97. The predicted molar refractivity (Wildman–Crippen MR) is 103 cm³/mol. The molecule has 138 valence electrons. The Balaban J connectivity index is 1.97. The number of carbonyl (C=O) groups is 3. The molecule has 0 saturated carbocycles. The number of amides is 4. The summed E-state index contributed by atoms with van der Waals surface area (Å²) in [4.78, 5) is 38.1. The molecule has 0 radical (unpaired) electrons. The lowest BCUT2D eigenvalue weighted by Gasteiger charge is -2.26. The van der Waals surface area contributed by atoms with Crippen molar-refractivity contribution in [2.45, 2.75) is 6.92 Å². The number of imide groups is 2. The highest BCUT2D eigenvalue weighted by atomic mass is 35.5. The van der Waals surface area contributed by atoms with Crippen LogP contribution in [0.2, 0.25) is 10.0 Å². The smallest absolute Gasteiger partial charge is 0.335 e. The standard InChI is InChI=1S/C19H14Cl2N2O4/c1-2-27-14-7-5-13(6-8-14)23-18(25)15(17(24)22-19(23)26)9-11-3-4-12(20)10-16(11)21/h3-10H,2H2,1H3,(H,22,24,26)/b15-9-. The van der Waals surface area contributed by atoms with Crippen molar-refractivity contribution >= 4 is 52.8 Å². The molecule has 1 saturated heterocycles. The number of nitrogens with zero attached hydrogens (tertiary/aromatic N) is 1. The van der Waals surface area contributed by atoms with Gasteiger partial charge in [-0.15, -0.1) is 0 Å². The molecule has 1 N–H and O–H groups in total. The molecule has 3 rings (SSSR count). The van der Waals surface area contributed by atoms with E-state index in [0.717, 1.165) is 4.90 Å². The second kappa shape index (κ2) is 7.82. The number of halogens is 2. The van der Waals surface area contributed by atoms with Crippen molar-refractivity contribution < 1.29 is 19.1 Å². The Morgan fingerprint density at radius 2 is 1.78 bits per heavy atom. The quantitative estimate of drug-likeness (QED) is 0.615. The van der Waals surface area contributed by atoms with E-state index in [1.165, 1.54) is 12.1 Å². The Morgan fingerprint density at radius 3 is 2.41 bits per heavy atom. The number of benzene rings is 2. The Bertz CT molecular complexity index is 955. The summed E-state index contributed by atoms with van der Waals surface area (Å²) in [7, 11) is 0. The molecule has 1 heterocycles. The Morgan fingerprint density at radius 1 is 1.07 bits per heavy atom. The summed E-state index contributed by atoms with van der Waals surface area (Å²) in [6.45, 7) is 2.34. The highest BCUT2D eigenvalue weighted by molar-refractivity contribution is 6.40. The van der Waals surface area contributed by atoms with E-state index in [1.807, 2.05) is 6.92 Å². The van der Waals surface area contributed by atoms with Crippen LogP contribution in [0.4, 0.5) is 10.5 Å². The zero-order valence-corrected chi connectivity index (χ0v) is 15.7. The van der Waals surface area contributed by atoms with Crippen molar-refractivity contribution in [1.29, 1.82) is 0 Å². The van der Waals surface area contributed by atoms with E-state index in [9.17, 15) is 14.4 Å². The number of rotatable bonds is 4. The van der Waals surface area contributed by atoms with Gasteiger partial charge < -0.3 is 4.74 Å². The molecule has 0 bridgehead atoms. The monoisotopic (exact) mass is 404 g/mol. The van der Waals surface area contributed by atoms with Crippen LogP contribution >= 0.6 is 23.2 Å². The zero-order chi connectivity index (χ0) is 19.6. The van der Waals surface area contributed by atoms with E-state index in [-0.39, 0.29) is 10.6 Å². The van der Waals surface area contributed by atoms with Crippen LogP contribution in [0.25, 0.3) is 6.08 Å². The minimum Gasteiger partial charge on any atom is -0.494 e. The molecule has 6 nitrogen and oxygen atoms in total. The van der Waals surface area contributed by atoms with Gasteiger partial charge in [0.1, 0.15) is 11.3 Å². The van der Waals surface area contributed by atoms with Gasteiger partial charge >= 0.3 is 6.03 Å². The van der Waals surface area contributed by atoms with Crippen LogP contribution in [-0.2, 0) is 9.59 Å². The number of carbonyl (C=O) groups excluding carboxylic acids is 3. The molecular weight excluding hydrogens is 391 g/mol. The van der Waals surface area contributed by atoms with Crippen molar-refractivity contribution in [2.24, 2.45) is 0 Å². The van der Waals surface area contributed by atoms with E-state index in [0.29, 0.717) is 28.6 Å². The van der Waals surface area contributed by atoms with Gasteiger partial charge in [0.2, 0.25) is 0 Å². The summed E-state index contributed by atoms with van der Waals surface area (Å²) in [5.41, 5.74) is 0.523. The second-order valence-electron chi connectivity index (χ2n) is 5.55. The van der Waals surface area contributed by atoms with Crippen molar-refractivity contribution in [3.8, 4) is 5.75 Å². The molecule has 2 aromatic carbocycles. The van der Waals surface area contributed by atoms with Crippen LogP contribution in [0.3, 0.4) is 0 Å². The van der Waals surface area contributed by atoms with Gasteiger partial charge in [0.05, 0.1) is 12.3 Å². The lowest BCUT2D eigenvalue weighted by Crippen LogP contribution is -2.54. The number of hydrogen-bond acceptors (Lipinski definition) is 4. The van der Waals surface area contributed by atoms with Gasteiger partial charge in [-0.3, -0.25) is 14.9 Å². The Hall–Kier alpha value is -2.83. The highest BCUT2D eigenvalue weighted by Crippen LogP contribution is 2.27. The molecule has 0 spiro atoms. The number of hydrogen-bond donors (Lipinski definition) is 1. The molecular formula is C19H14Cl2N2O4. The third-order valence-electron chi connectivity index (χ3n) is 3.77. The third-order valence-corrected chi connectivity index (χ3v) is 4.33.